The number of ketones is 1. The third-order valence-corrected chi connectivity index (χ3v) is 3.89. The van der Waals surface area contributed by atoms with Gasteiger partial charge in [-0.3, -0.25) is 4.79 Å². The molecule has 2 heteroatoms. The van der Waals surface area contributed by atoms with Gasteiger partial charge in [-0.05, 0) is 17.2 Å². The summed E-state index contributed by atoms with van der Waals surface area (Å²) in [6.07, 6.45) is 3.65. The van der Waals surface area contributed by atoms with Gasteiger partial charge in [-0.2, -0.15) is 0 Å². The predicted octanol–water partition coefficient (Wildman–Crippen LogP) is 4.59. The van der Waals surface area contributed by atoms with E-state index in [4.69, 9.17) is 0 Å². The summed E-state index contributed by atoms with van der Waals surface area (Å²) >= 11 is 0. The van der Waals surface area contributed by atoms with E-state index in [1.165, 1.54) is 0 Å². The van der Waals surface area contributed by atoms with Gasteiger partial charge in [0, 0.05) is 11.8 Å². The number of hydrogen-bond acceptors (Lipinski definition) is 2. The molecule has 2 rings (SSSR count). The van der Waals surface area contributed by atoms with Crippen LogP contribution in [0.3, 0.4) is 0 Å². The Balaban J connectivity index is 2.36. The van der Waals surface area contributed by atoms with Gasteiger partial charge in [0.2, 0.25) is 0 Å². The number of carbonyl (C=O) groups is 1. The van der Waals surface area contributed by atoms with E-state index >= 15 is 0 Å². The SMILES string of the molecule is CC(C)(C)C(=O)CC(O)(/C=C/c1ccccc1)c1ccccc1. The van der Waals surface area contributed by atoms with E-state index < -0.39 is 11.0 Å². The summed E-state index contributed by atoms with van der Waals surface area (Å²) in [5.41, 5.74) is -0.0694. The maximum atomic E-state index is 12.5. The summed E-state index contributed by atoms with van der Waals surface area (Å²) in [6, 6.07) is 19.1. The summed E-state index contributed by atoms with van der Waals surface area (Å²) in [6.45, 7) is 5.63. The first-order valence-electron chi connectivity index (χ1n) is 7.87. The Hall–Kier alpha value is -2.19. The number of rotatable bonds is 5. The molecule has 1 unspecified atom stereocenters. The second kappa shape index (κ2) is 6.93. The second-order valence-corrected chi connectivity index (χ2v) is 6.88. The lowest BCUT2D eigenvalue weighted by molar-refractivity contribution is -0.130. The van der Waals surface area contributed by atoms with Crippen LogP contribution in [-0.4, -0.2) is 10.9 Å². The van der Waals surface area contributed by atoms with Crippen LogP contribution < -0.4 is 0 Å². The summed E-state index contributed by atoms with van der Waals surface area (Å²) < 4.78 is 0. The molecule has 0 radical (unpaired) electrons. The highest BCUT2D eigenvalue weighted by Crippen LogP contribution is 2.31. The van der Waals surface area contributed by atoms with Crippen molar-refractivity contribution < 1.29 is 9.90 Å². The van der Waals surface area contributed by atoms with Crippen LogP contribution in [0.25, 0.3) is 6.08 Å². The normalized spacial score (nSPS) is 14.6. The van der Waals surface area contributed by atoms with Gasteiger partial charge in [-0.1, -0.05) is 87.5 Å². The number of carbonyl (C=O) groups excluding carboxylic acids is 1. The molecule has 0 aliphatic carbocycles. The molecule has 23 heavy (non-hydrogen) atoms. The highest BCUT2D eigenvalue weighted by atomic mass is 16.3. The predicted molar refractivity (Wildman–Crippen MR) is 94.9 cm³/mol. The largest absolute Gasteiger partial charge is 0.381 e. The third-order valence-electron chi connectivity index (χ3n) is 3.89. The molecule has 0 spiro atoms. The highest BCUT2D eigenvalue weighted by molar-refractivity contribution is 5.85. The standard InChI is InChI=1S/C21H24O2/c1-20(2,3)19(22)16-21(23,18-12-8-5-9-13-18)15-14-17-10-6-4-7-11-17/h4-15,23H,16H2,1-3H3/b15-14+. The molecule has 2 aromatic carbocycles. The molecule has 0 fully saturated rings. The van der Waals surface area contributed by atoms with Crippen molar-refractivity contribution in [3.63, 3.8) is 0 Å². The fourth-order valence-electron chi connectivity index (χ4n) is 2.29. The van der Waals surface area contributed by atoms with Crippen molar-refractivity contribution in [2.45, 2.75) is 32.8 Å². The second-order valence-electron chi connectivity index (χ2n) is 6.88. The van der Waals surface area contributed by atoms with Crippen molar-refractivity contribution in [3.05, 3.63) is 77.9 Å². The van der Waals surface area contributed by atoms with E-state index in [9.17, 15) is 9.90 Å². The minimum absolute atomic E-state index is 0.0292. The molecular weight excluding hydrogens is 284 g/mol. The number of Topliss-reactive ketones (excluding diaryl/α,β-unsaturated/α-hetero) is 1. The number of benzene rings is 2. The van der Waals surface area contributed by atoms with E-state index in [1.54, 1.807) is 6.08 Å². The first-order valence-corrected chi connectivity index (χ1v) is 7.87. The summed E-state index contributed by atoms with van der Waals surface area (Å²) in [5, 5.41) is 11.2. The topological polar surface area (TPSA) is 37.3 Å². The van der Waals surface area contributed by atoms with Gasteiger partial charge in [0.25, 0.3) is 0 Å². The quantitative estimate of drug-likeness (QED) is 0.877. The Labute approximate surface area is 138 Å². The van der Waals surface area contributed by atoms with Gasteiger partial charge < -0.3 is 5.11 Å². The van der Waals surface area contributed by atoms with Crippen molar-refractivity contribution in [3.8, 4) is 0 Å². The molecule has 2 aromatic rings. The third kappa shape index (κ3) is 4.64. The fraction of sp³-hybridized carbons (Fsp3) is 0.286. The van der Waals surface area contributed by atoms with E-state index in [2.05, 4.69) is 0 Å². The van der Waals surface area contributed by atoms with E-state index in [-0.39, 0.29) is 12.2 Å². The van der Waals surface area contributed by atoms with E-state index in [1.807, 2.05) is 87.5 Å². The average molecular weight is 308 g/mol. The number of aliphatic hydroxyl groups is 1. The van der Waals surface area contributed by atoms with Gasteiger partial charge in [0.1, 0.15) is 11.4 Å². The summed E-state index contributed by atoms with van der Waals surface area (Å²) in [4.78, 5) is 12.5. The lowest BCUT2D eigenvalue weighted by Crippen LogP contribution is -2.32. The van der Waals surface area contributed by atoms with Crippen LogP contribution >= 0.6 is 0 Å². The Morgan fingerprint density at radius 3 is 2.00 bits per heavy atom. The maximum Gasteiger partial charge on any atom is 0.141 e. The molecule has 1 atom stereocenters. The molecule has 0 heterocycles. The Morgan fingerprint density at radius 1 is 0.957 bits per heavy atom. The molecular formula is C21H24O2. The van der Waals surface area contributed by atoms with Crippen LogP contribution in [0.5, 0.6) is 0 Å². The molecule has 2 nitrogen and oxygen atoms in total. The Bertz CT molecular complexity index is 666. The molecule has 0 saturated heterocycles. The highest BCUT2D eigenvalue weighted by Gasteiger charge is 2.33. The van der Waals surface area contributed by atoms with Crippen molar-refractivity contribution in [2.75, 3.05) is 0 Å². The van der Waals surface area contributed by atoms with Crippen LogP contribution in [0.4, 0.5) is 0 Å². The number of hydrogen-bond donors (Lipinski definition) is 1. The van der Waals surface area contributed by atoms with Crippen LogP contribution in [-0.2, 0) is 10.4 Å². The van der Waals surface area contributed by atoms with Gasteiger partial charge in [-0.25, -0.2) is 0 Å². The maximum absolute atomic E-state index is 12.5. The summed E-state index contributed by atoms with van der Waals surface area (Å²) in [7, 11) is 0. The van der Waals surface area contributed by atoms with Gasteiger partial charge >= 0.3 is 0 Å². The average Bonchev–Trinajstić information content (AvgIpc) is 2.54. The molecule has 0 aliphatic heterocycles. The van der Waals surface area contributed by atoms with Crippen LogP contribution in [0, 0.1) is 5.41 Å². The van der Waals surface area contributed by atoms with Crippen molar-refractivity contribution >= 4 is 11.9 Å². The molecule has 120 valence electrons. The van der Waals surface area contributed by atoms with Crippen molar-refractivity contribution in [1.29, 1.82) is 0 Å². The smallest absolute Gasteiger partial charge is 0.141 e. The Kier molecular flexibility index (Phi) is 5.17. The van der Waals surface area contributed by atoms with Crippen molar-refractivity contribution in [1.82, 2.24) is 0 Å². The zero-order valence-electron chi connectivity index (χ0n) is 14.0. The van der Waals surface area contributed by atoms with Crippen molar-refractivity contribution in [2.24, 2.45) is 5.41 Å². The molecule has 0 aromatic heterocycles. The van der Waals surface area contributed by atoms with Gasteiger partial charge in [0.15, 0.2) is 0 Å². The first-order chi connectivity index (χ1) is 10.8. The lowest BCUT2D eigenvalue weighted by atomic mass is 9.80. The Morgan fingerprint density at radius 2 is 1.48 bits per heavy atom. The first kappa shape index (κ1) is 17.2. The summed E-state index contributed by atoms with van der Waals surface area (Å²) in [5.74, 6) is 0.0292. The minimum Gasteiger partial charge on any atom is -0.381 e. The minimum atomic E-state index is -1.30. The zero-order valence-corrected chi connectivity index (χ0v) is 14.0. The lowest BCUT2D eigenvalue weighted by Gasteiger charge is -2.28. The van der Waals surface area contributed by atoms with Crippen LogP contribution in [0.15, 0.2) is 66.7 Å². The van der Waals surface area contributed by atoms with E-state index in [0.717, 1.165) is 11.1 Å². The monoisotopic (exact) mass is 308 g/mol. The molecule has 0 bridgehead atoms. The molecule has 1 N–H and O–H groups in total. The van der Waals surface area contributed by atoms with Gasteiger partial charge in [-0.15, -0.1) is 0 Å². The molecule has 0 amide bonds. The van der Waals surface area contributed by atoms with Crippen LogP contribution in [0.1, 0.15) is 38.3 Å². The van der Waals surface area contributed by atoms with E-state index in [0.29, 0.717) is 0 Å². The van der Waals surface area contributed by atoms with Gasteiger partial charge in [0.05, 0.1) is 0 Å². The fourth-order valence-corrected chi connectivity index (χ4v) is 2.29. The zero-order chi connectivity index (χ0) is 16.9. The molecule has 0 aliphatic rings. The van der Waals surface area contributed by atoms with Crippen LogP contribution in [0.2, 0.25) is 0 Å². The molecule has 0 saturated carbocycles.